The summed E-state index contributed by atoms with van der Waals surface area (Å²) in [5, 5.41) is 12.8. The van der Waals surface area contributed by atoms with Crippen LogP contribution >= 0.6 is 0 Å². The second-order valence-corrected chi connectivity index (χ2v) is 4.64. The van der Waals surface area contributed by atoms with Gasteiger partial charge < -0.3 is 16.4 Å². The molecular formula is C13H20N4O. The number of aryl methyl sites for hydroxylation is 1. The summed E-state index contributed by atoms with van der Waals surface area (Å²) in [6.07, 6.45) is 0. The van der Waals surface area contributed by atoms with E-state index in [1.54, 1.807) is 0 Å². The average Bonchev–Trinajstić information content (AvgIpc) is 2.28. The minimum Gasteiger partial charge on any atom is -0.386 e. The number of carbonyl (C=O) groups is 1. The minimum atomic E-state index is -0.449. The fourth-order valence-corrected chi connectivity index (χ4v) is 1.55. The monoisotopic (exact) mass is 248 g/mol. The summed E-state index contributed by atoms with van der Waals surface area (Å²) in [7, 11) is 0. The number of hydrogen-bond acceptors (Lipinski definition) is 2. The van der Waals surface area contributed by atoms with E-state index in [9.17, 15) is 4.79 Å². The summed E-state index contributed by atoms with van der Waals surface area (Å²) in [5.41, 5.74) is 7.28. The van der Waals surface area contributed by atoms with Crippen LogP contribution in [0, 0.1) is 18.3 Å². The van der Waals surface area contributed by atoms with Gasteiger partial charge in [-0.1, -0.05) is 31.5 Å². The lowest BCUT2D eigenvalue weighted by Gasteiger charge is -2.21. The highest BCUT2D eigenvalue weighted by Gasteiger charge is 2.18. The molecule has 1 aromatic carbocycles. The standard InChI is InChI=1S/C13H20N4O/c1-8(2)11(12(14)15)17-13(18)16-10-6-4-9(3)5-7-10/h4-8,11H,1-3H3,(H3,14,15)(H2,16,17,18). The SMILES string of the molecule is Cc1ccc(NC(=O)NC(C(=N)N)C(C)C)cc1. The molecule has 0 fully saturated rings. The molecule has 0 bridgehead atoms. The van der Waals surface area contributed by atoms with Crippen molar-refractivity contribution in [2.75, 3.05) is 5.32 Å². The lowest BCUT2D eigenvalue weighted by Crippen LogP contribution is -2.48. The summed E-state index contributed by atoms with van der Waals surface area (Å²) in [6.45, 7) is 5.78. The van der Waals surface area contributed by atoms with Gasteiger partial charge in [0.05, 0.1) is 6.04 Å². The largest absolute Gasteiger partial charge is 0.386 e. The number of carbonyl (C=O) groups excluding carboxylic acids is 1. The predicted octanol–water partition coefficient (Wildman–Crippen LogP) is 2.08. The van der Waals surface area contributed by atoms with Crippen molar-refractivity contribution in [3.8, 4) is 0 Å². The average molecular weight is 248 g/mol. The van der Waals surface area contributed by atoms with Crippen molar-refractivity contribution >= 4 is 17.6 Å². The van der Waals surface area contributed by atoms with Gasteiger partial charge in [-0.2, -0.15) is 0 Å². The second-order valence-electron chi connectivity index (χ2n) is 4.64. The van der Waals surface area contributed by atoms with Crippen LogP contribution in [0.1, 0.15) is 19.4 Å². The van der Waals surface area contributed by atoms with E-state index >= 15 is 0 Å². The van der Waals surface area contributed by atoms with Crippen LogP contribution in [0.3, 0.4) is 0 Å². The molecule has 98 valence electrons. The van der Waals surface area contributed by atoms with Crippen molar-refractivity contribution in [2.45, 2.75) is 26.8 Å². The molecule has 2 amide bonds. The van der Waals surface area contributed by atoms with E-state index in [-0.39, 0.29) is 17.8 Å². The van der Waals surface area contributed by atoms with Gasteiger partial charge in [0, 0.05) is 5.69 Å². The fourth-order valence-electron chi connectivity index (χ4n) is 1.55. The molecule has 0 heterocycles. The quantitative estimate of drug-likeness (QED) is 0.485. The second kappa shape index (κ2) is 6.05. The smallest absolute Gasteiger partial charge is 0.319 e. The van der Waals surface area contributed by atoms with Crippen molar-refractivity contribution in [1.29, 1.82) is 5.41 Å². The van der Waals surface area contributed by atoms with Gasteiger partial charge in [-0.05, 0) is 25.0 Å². The number of anilines is 1. The van der Waals surface area contributed by atoms with E-state index in [4.69, 9.17) is 11.1 Å². The predicted molar refractivity (Wildman–Crippen MR) is 73.9 cm³/mol. The third-order valence-corrected chi connectivity index (χ3v) is 2.60. The van der Waals surface area contributed by atoms with Gasteiger partial charge in [0.15, 0.2) is 0 Å². The molecule has 0 spiro atoms. The Morgan fingerprint density at radius 2 is 1.83 bits per heavy atom. The maximum absolute atomic E-state index is 11.7. The van der Waals surface area contributed by atoms with Gasteiger partial charge in [-0.25, -0.2) is 4.79 Å². The summed E-state index contributed by atoms with van der Waals surface area (Å²) in [6, 6.07) is 6.68. The van der Waals surface area contributed by atoms with Gasteiger partial charge in [0.2, 0.25) is 0 Å². The first-order chi connectivity index (χ1) is 8.40. The molecule has 1 atom stereocenters. The molecule has 1 aromatic rings. The Morgan fingerprint density at radius 3 is 2.28 bits per heavy atom. The number of hydrogen-bond donors (Lipinski definition) is 4. The first kappa shape index (κ1) is 14.0. The van der Waals surface area contributed by atoms with Crippen LogP contribution < -0.4 is 16.4 Å². The maximum Gasteiger partial charge on any atom is 0.319 e. The lowest BCUT2D eigenvalue weighted by atomic mass is 10.0. The molecule has 0 aliphatic carbocycles. The Hall–Kier alpha value is -2.04. The Labute approximate surface area is 107 Å². The van der Waals surface area contributed by atoms with Gasteiger partial charge in [0.25, 0.3) is 0 Å². The zero-order valence-electron chi connectivity index (χ0n) is 10.9. The summed E-state index contributed by atoms with van der Waals surface area (Å²) >= 11 is 0. The molecule has 0 aliphatic rings. The van der Waals surface area contributed by atoms with E-state index in [2.05, 4.69) is 10.6 Å². The molecule has 18 heavy (non-hydrogen) atoms. The van der Waals surface area contributed by atoms with E-state index in [1.165, 1.54) is 0 Å². The number of rotatable bonds is 4. The molecule has 1 rings (SSSR count). The third kappa shape index (κ3) is 4.08. The number of amides is 2. The molecular weight excluding hydrogens is 228 g/mol. The summed E-state index contributed by atoms with van der Waals surface area (Å²) < 4.78 is 0. The highest BCUT2D eigenvalue weighted by Crippen LogP contribution is 2.08. The summed E-state index contributed by atoms with van der Waals surface area (Å²) in [5.74, 6) is 0.0373. The Bertz CT molecular complexity index is 425. The Morgan fingerprint density at radius 1 is 1.28 bits per heavy atom. The molecule has 0 aromatic heterocycles. The van der Waals surface area contributed by atoms with Gasteiger partial charge >= 0.3 is 6.03 Å². The number of amidine groups is 1. The minimum absolute atomic E-state index is 0.0379. The molecule has 1 unspecified atom stereocenters. The number of nitrogens with one attached hydrogen (secondary N) is 3. The Kier molecular flexibility index (Phi) is 4.71. The molecule has 0 aliphatic heterocycles. The van der Waals surface area contributed by atoms with Gasteiger partial charge in [-0.3, -0.25) is 5.41 Å². The first-order valence-corrected chi connectivity index (χ1v) is 5.88. The van der Waals surface area contributed by atoms with Crippen LogP contribution in [-0.4, -0.2) is 17.9 Å². The van der Waals surface area contributed by atoms with Crippen LogP contribution in [-0.2, 0) is 0 Å². The molecule has 0 radical (unpaired) electrons. The van der Waals surface area contributed by atoms with Gasteiger partial charge in [-0.15, -0.1) is 0 Å². The van der Waals surface area contributed by atoms with Crippen LogP contribution in [0.25, 0.3) is 0 Å². The highest BCUT2D eigenvalue weighted by atomic mass is 16.2. The topological polar surface area (TPSA) is 91.0 Å². The van der Waals surface area contributed by atoms with Crippen molar-refractivity contribution in [3.63, 3.8) is 0 Å². The lowest BCUT2D eigenvalue weighted by molar-refractivity contribution is 0.248. The van der Waals surface area contributed by atoms with Crippen molar-refractivity contribution in [1.82, 2.24) is 5.32 Å². The zero-order chi connectivity index (χ0) is 13.7. The van der Waals surface area contributed by atoms with Crippen LogP contribution in [0.2, 0.25) is 0 Å². The van der Waals surface area contributed by atoms with E-state index in [1.807, 2.05) is 45.0 Å². The number of benzene rings is 1. The molecule has 0 saturated carbocycles. The zero-order valence-corrected chi connectivity index (χ0v) is 10.9. The van der Waals surface area contributed by atoms with Crippen LogP contribution in [0.4, 0.5) is 10.5 Å². The molecule has 5 nitrogen and oxygen atoms in total. The van der Waals surface area contributed by atoms with Crippen molar-refractivity contribution < 1.29 is 4.79 Å². The molecule has 0 saturated heterocycles. The highest BCUT2D eigenvalue weighted by molar-refractivity contribution is 5.94. The molecule has 5 heteroatoms. The van der Waals surface area contributed by atoms with Crippen molar-refractivity contribution in [2.24, 2.45) is 11.7 Å². The Balaban J connectivity index is 2.60. The van der Waals surface area contributed by atoms with E-state index in [0.29, 0.717) is 5.69 Å². The number of urea groups is 1. The van der Waals surface area contributed by atoms with Crippen molar-refractivity contribution in [3.05, 3.63) is 29.8 Å². The maximum atomic E-state index is 11.7. The first-order valence-electron chi connectivity index (χ1n) is 5.88. The van der Waals surface area contributed by atoms with Crippen LogP contribution in [0.5, 0.6) is 0 Å². The van der Waals surface area contributed by atoms with Crippen LogP contribution in [0.15, 0.2) is 24.3 Å². The molecule has 5 N–H and O–H groups in total. The normalized spacial score (nSPS) is 12.0. The third-order valence-electron chi connectivity index (χ3n) is 2.60. The summed E-state index contributed by atoms with van der Waals surface area (Å²) in [4.78, 5) is 11.7. The van der Waals surface area contributed by atoms with E-state index in [0.717, 1.165) is 5.56 Å². The number of nitrogens with two attached hydrogens (primary N) is 1. The fraction of sp³-hybridized carbons (Fsp3) is 0.385. The van der Waals surface area contributed by atoms with Gasteiger partial charge in [0.1, 0.15) is 5.84 Å². The van der Waals surface area contributed by atoms with E-state index < -0.39 is 6.04 Å².